The maximum atomic E-state index is 12.1. The van der Waals surface area contributed by atoms with Gasteiger partial charge in [-0.1, -0.05) is 42.1 Å². The number of nitrogens with one attached hydrogen (secondary N) is 2. The molecule has 0 aliphatic rings. The Kier molecular flexibility index (Phi) is 5.43. The number of aromatic amines is 1. The zero-order valence-corrected chi connectivity index (χ0v) is 14.2. The Bertz CT molecular complexity index is 805. The van der Waals surface area contributed by atoms with Crippen molar-refractivity contribution in [3.8, 4) is 0 Å². The quantitative estimate of drug-likeness (QED) is 0.510. The molecule has 1 atom stereocenters. The third-order valence-corrected chi connectivity index (χ3v) is 4.63. The molecule has 0 aliphatic heterocycles. The van der Waals surface area contributed by atoms with Crippen molar-refractivity contribution in [3.63, 3.8) is 0 Å². The van der Waals surface area contributed by atoms with Crippen molar-refractivity contribution in [2.24, 2.45) is 0 Å². The zero-order chi connectivity index (χ0) is 16.8. The topological polar surface area (TPSA) is 83.6 Å². The number of amides is 1. The molecule has 24 heavy (non-hydrogen) atoms. The molecule has 2 aromatic heterocycles. The molecule has 1 aromatic carbocycles. The number of hydrogen-bond acceptors (Lipinski definition) is 5. The van der Waals surface area contributed by atoms with Crippen LogP contribution >= 0.6 is 11.8 Å². The number of carbonyl (C=O) groups is 1. The van der Waals surface area contributed by atoms with Gasteiger partial charge in [0.2, 0.25) is 5.91 Å². The van der Waals surface area contributed by atoms with Crippen LogP contribution in [0.3, 0.4) is 0 Å². The number of hydrogen-bond donors (Lipinski definition) is 2. The number of thioether (sulfide) groups is 1. The highest BCUT2D eigenvalue weighted by molar-refractivity contribution is 8.00. The van der Waals surface area contributed by atoms with E-state index in [1.165, 1.54) is 23.7 Å². The van der Waals surface area contributed by atoms with Gasteiger partial charge in [-0.05, 0) is 25.3 Å². The molecule has 0 unspecified atom stereocenters. The van der Waals surface area contributed by atoms with Crippen molar-refractivity contribution in [3.05, 3.63) is 48.5 Å². The van der Waals surface area contributed by atoms with E-state index < -0.39 is 0 Å². The molecule has 0 spiro atoms. The predicted octanol–water partition coefficient (Wildman–Crippen LogP) is 2.58. The van der Waals surface area contributed by atoms with E-state index in [-0.39, 0.29) is 11.9 Å². The molecule has 2 N–H and O–H groups in total. The largest absolute Gasteiger partial charge is 0.353 e. The van der Waals surface area contributed by atoms with Crippen LogP contribution in [0.5, 0.6) is 0 Å². The molecule has 6 nitrogen and oxygen atoms in total. The third-order valence-electron chi connectivity index (χ3n) is 3.64. The average molecular weight is 341 g/mol. The monoisotopic (exact) mass is 341 g/mol. The number of aromatic nitrogens is 4. The van der Waals surface area contributed by atoms with E-state index in [1.54, 1.807) is 6.33 Å². The Hall–Kier alpha value is -2.41. The standard InChI is InChI=1S/C17H19N5OS/c1-12(7-8-13-5-3-2-4-6-13)22-14(23)9-24-17-15-16(19-10-18-15)20-11-21-17/h2-6,10-12H,7-9H2,1H3,(H,22,23)(H,18,19,20,21)/t12-/m1/s1. The number of rotatable bonds is 7. The van der Waals surface area contributed by atoms with Crippen LogP contribution in [-0.4, -0.2) is 37.6 Å². The van der Waals surface area contributed by atoms with Gasteiger partial charge in [0, 0.05) is 6.04 Å². The average Bonchev–Trinajstić information content (AvgIpc) is 3.08. The molecule has 0 bridgehead atoms. The third kappa shape index (κ3) is 4.32. The number of carbonyl (C=O) groups excluding carboxylic acids is 1. The van der Waals surface area contributed by atoms with Crippen LogP contribution in [0, 0.1) is 0 Å². The van der Waals surface area contributed by atoms with Gasteiger partial charge in [0.15, 0.2) is 5.65 Å². The molecule has 0 saturated heterocycles. The fraction of sp³-hybridized carbons (Fsp3) is 0.294. The van der Waals surface area contributed by atoms with Gasteiger partial charge in [-0.15, -0.1) is 0 Å². The molecular formula is C17H19N5OS. The van der Waals surface area contributed by atoms with E-state index in [0.717, 1.165) is 23.4 Å². The number of fused-ring (bicyclic) bond motifs is 1. The maximum absolute atomic E-state index is 12.1. The molecular weight excluding hydrogens is 322 g/mol. The summed E-state index contributed by atoms with van der Waals surface area (Å²) in [6, 6.07) is 10.4. The minimum atomic E-state index is 0.00633. The van der Waals surface area contributed by atoms with Gasteiger partial charge in [0.05, 0.1) is 12.1 Å². The van der Waals surface area contributed by atoms with E-state index in [9.17, 15) is 4.79 Å². The first-order valence-corrected chi connectivity index (χ1v) is 8.81. The lowest BCUT2D eigenvalue weighted by atomic mass is 10.1. The molecule has 0 saturated carbocycles. The second kappa shape index (κ2) is 7.92. The maximum Gasteiger partial charge on any atom is 0.230 e. The summed E-state index contributed by atoms with van der Waals surface area (Å²) >= 11 is 1.38. The lowest BCUT2D eigenvalue weighted by Crippen LogP contribution is -2.34. The Morgan fingerprint density at radius 2 is 2.08 bits per heavy atom. The van der Waals surface area contributed by atoms with Crippen LogP contribution in [0.1, 0.15) is 18.9 Å². The molecule has 0 aliphatic carbocycles. The fourth-order valence-corrected chi connectivity index (χ4v) is 3.17. The second-order valence-corrected chi connectivity index (χ2v) is 6.53. The highest BCUT2D eigenvalue weighted by Gasteiger charge is 2.11. The van der Waals surface area contributed by atoms with Crippen LogP contribution < -0.4 is 5.32 Å². The predicted molar refractivity (Wildman–Crippen MR) is 94.8 cm³/mol. The van der Waals surface area contributed by atoms with E-state index in [4.69, 9.17) is 0 Å². The number of imidazole rings is 1. The van der Waals surface area contributed by atoms with Gasteiger partial charge in [-0.25, -0.2) is 15.0 Å². The van der Waals surface area contributed by atoms with Crippen LogP contribution in [0.2, 0.25) is 0 Å². The van der Waals surface area contributed by atoms with E-state index in [2.05, 4.69) is 37.4 Å². The summed E-state index contributed by atoms with van der Waals surface area (Å²) in [5, 5.41) is 3.77. The van der Waals surface area contributed by atoms with Gasteiger partial charge in [-0.2, -0.15) is 0 Å². The van der Waals surface area contributed by atoms with Crippen molar-refractivity contribution < 1.29 is 4.79 Å². The summed E-state index contributed by atoms with van der Waals surface area (Å²) in [7, 11) is 0. The molecule has 0 radical (unpaired) electrons. The Morgan fingerprint density at radius 1 is 1.25 bits per heavy atom. The van der Waals surface area contributed by atoms with Crippen molar-refractivity contribution >= 4 is 28.8 Å². The normalized spacial score (nSPS) is 12.2. The molecule has 1 amide bonds. The SMILES string of the molecule is C[C@H](CCc1ccccc1)NC(=O)CSc1ncnc2nc[nH]c12. The van der Waals surface area contributed by atoms with E-state index >= 15 is 0 Å². The zero-order valence-electron chi connectivity index (χ0n) is 13.4. The Morgan fingerprint density at radius 3 is 2.92 bits per heavy atom. The Balaban J connectivity index is 1.46. The summed E-state index contributed by atoms with van der Waals surface area (Å²) in [5.74, 6) is 0.327. The first-order chi connectivity index (χ1) is 11.7. The summed E-state index contributed by atoms with van der Waals surface area (Å²) < 4.78 is 0. The molecule has 124 valence electrons. The van der Waals surface area contributed by atoms with Gasteiger partial charge in [0.25, 0.3) is 0 Å². The van der Waals surface area contributed by atoms with E-state index in [0.29, 0.717) is 11.4 Å². The van der Waals surface area contributed by atoms with Crippen LogP contribution in [-0.2, 0) is 11.2 Å². The highest BCUT2D eigenvalue weighted by Crippen LogP contribution is 2.21. The van der Waals surface area contributed by atoms with Gasteiger partial charge < -0.3 is 10.3 Å². The fourth-order valence-electron chi connectivity index (χ4n) is 2.40. The summed E-state index contributed by atoms with van der Waals surface area (Å²) in [4.78, 5) is 27.5. The van der Waals surface area contributed by atoms with Crippen molar-refractivity contribution in [2.75, 3.05) is 5.75 Å². The van der Waals surface area contributed by atoms with Gasteiger partial charge in [0.1, 0.15) is 16.9 Å². The molecule has 3 aromatic rings. The summed E-state index contributed by atoms with van der Waals surface area (Å²) in [6.07, 6.45) is 4.91. The van der Waals surface area contributed by atoms with E-state index in [1.807, 2.05) is 25.1 Å². The molecule has 0 fully saturated rings. The van der Waals surface area contributed by atoms with Gasteiger partial charge >= 0.3 is 0 Å². The van der Waals surface area contributed by atoms with Crippen molar-refractivity contribution in [2.45, 2.75) is 30.8 Å². The van der Waals surface area contributed by atoms with Crippen LogP contribution in [0.25, 0.3) is 11.2 Å². The number of nitrogens with zero attached hydrogens (tertiary/aromatic N) is 3. The van der Waals surface area contributed by atoms with Crippen molar-refractivity contribution in [1.82, 2.24) is 25.3 Å². The number of aryl methyl sites for hydroxylation is 1. The molecule has 3 rings (SSSR count). The van der Waals surface area contributed by atoms with Crippen molar-refractivity contribution in [1.29, 1.82) is 0 Å². The summed E-state index contributed by atoms with van der Waals surface area (Å²) in [5.41, 5.74) is 2.67. The smallest absolute Gasteiger partial charge is 0.230 e. The minimum absolute atomic E-state index is 0.00633. The van der Waals surface area contributed by atoms with Gasteiger partial charge in [-0.3, -0.25) is 4.79 Å². The van der Waals surface area contributed by atoms with Crippen LogP contribution in [0.15, 0.2) is 48.0 Å². The lowest BCUT2D eigenvalue weighted by molar-refractivity contribution is -0.119. The highest BCUT2D eigenvalue weighted by atomic mass is 32.2. The minimum Gasteiger partial charge on any atom is -0.353 e. The molecule has 7 heteroatoms. The number of H-pyrrole nitrogens is 1. The Labute approximate surface area is 144 Å². The first-order valence-electron chi connectivity index (χ1n) is 7.82. The first kappa shape index (κ1) is 16.4. The number of benzene rings is 1. The summed E-state index contributed by atoms with van der Waals surface area (Å²) in [6.45, 7) is 2.03. The van der Waals surface area contributed by atoms with Crippen LogP contribution in [0.4, 0.5) is 0 Å². The second-order valence-electron chi connectivity index (χ2n) is 5.56. The molecule has 2 heterocycles. The lowest BCUT2D eigenvalue weighted by Gasteiger charge is -2.13.